The Labute approximate surface area is 114 Å². The van der Waals surface area contributed by atoms with Crippen LogP contribution in [0.3, 0.4) is 0 Å². The fraction of sp³-hybridized carbons (Fsp3) is 0.0909. The molecule has 0 atom stereocenters. The van der Waals surface area contributed by atoms with Crippen LogP contribution in [0.1, 0.15) is 5.56 Å². The highest BCUT2D eigenvalue weighted by atomic mass is 35.5. The van der Waals surface area contributed by atoms with Crippen molar-refractivity contribution in [3.63, 3.8) is 0 Å². The van der Waals surface area contributed by atoms with Gasteiger partial charge in [0.1, 0.15) is 4.21 Å². The molecule has 18 heavy (non-hydrogen) atoms. The second-order valence-electron chi connectivity index (χ2n) is 3.75. The van der Waals surface area contributed by atoms with E-state index in [2.05, 4.69) is 4.72 Å². The number of nitrogens with two attached hydrogens (primary N) is 1. The van der Waals surface area contributed by atoms with Crippen LogP contribution in [0.15, 0.2) is 34.5 Å². The van der Waals surface area contributed by atoms with Crippen LogP contribution >= 0.6 is 22.9 Å². The van der Waals surface area contributed by atoms with Gasteiger partial charge in [-0.05, 0) is 36.8 Å². The van der Waals surface area contributed by atoms with Crippen LogP contribution in [0.5, 0.6) is 0 Å². The summed E-state index contributed by atoms with van der Waals surface area (Å²) >= 11 is 6.90. The third kappa shape index (κ3) is 2.77. The number of anilines is 2. The number of nitrogens with one attached hydrogen (secondary N) is 1. The molecule has 7 heteroatoms. The minimum atomic E-state index is -3.60. The maximum atomic E-state index is 12.1. The highest BCUT2D eigenvalue weighted by Crippen LogP contribution is 2.31. The zero-order chi connectivity index (χ0) is 13.3. The van der Waals surface area contributed by atoms with Crippen molar-refractivity contribution in [3.8, 4) is 0 Å². The molecule has 2 rings (SSSR count). The van der Waals surface area contributed by atoms with Crippen molar-refractivity contribution in [3.05, 3.63) is 40.2 Å². The summed E-state index contributed by atoms with van der Waals surface area (Å²) in [7, 11) is -3.60. The summed E-state index contributed by atoms with van der Waals surface area (Å²) in [4.78, 5) is 0. The molecule has 0 aliphatic carbocycles. The van der Waals surface area contributed by atoms with E-state index >= 15 is 0 Å². The summed E-state index contributed by atoms with van der Waals surface area (Å²) in [5.74, 6) is 0. The normalized spacial score (nSPS) is 11.4. The van der Waals surface area contributed by atoms with Crippen LogP contribution in [-0.2, 0) is 10.0 Å². The van der Waals surface area contributed by atoms with Crippen LogP contribution in [0, 0.1) is 6.92 Å². The lowest BCUT2D eigenvalue weighted by Gasteiger charge is -2.06. The van der Waals surface area contributed by atoms with E-state index in [1.54, 1.807) is 37.3 Å². The number of thiophene rings is 1. The fourth-order valence-corrected chi connectivity index (χ4v) is 4.13. The van der Waals surface area contributed by atoms with Crippen LogP contribution in [0.4, 0.5) is 11.4 Å². The van der Waals surface area contributed by atoms with Gasteiger partial charge in [-0.1, -0.05) is 17.7 Å². The van der Waals surface area contributed by atoms with Gasteiger partial charge in [0.05, 0.1) is 10.0 Å². The van der Waals surface area contributed by atoms with Crippen LogP contribution in [-0.4, -0.2) is 8.42 Å². The standard InChI is InChI=1S/C11H11ClN2O2S2/c1-7-5-10(17-11(7)12)18(15,16)14-9-4-2-3-8(13)6-9/h2-6,14H,13H2,1H3. The largest absolute Gasteiger partial charge is 0.399 e. The number of rotatable bonds is 3. The van der Waals surface area contributed by atoms with Crippen molar-refractivity contribution in [2.45, 2.75) is 11.1 Å². The number of aryl methyl sites for hydroxylation is 1. The predicted molar refractivity (Wildman–Crippen MR) is 75.7 cm³/mol. The molecular weight excluding hydrogens is 292 g/mol. The first-order valence-corrected chi connectivity index (χ1v) is 7.70. The van der Waals surface area contributed by atoms with E-state index in [1.165, 1.54) is 0 Å². The molecule has 0 amide bonds. The predicted octanol–water partition coefficient (Wildman–Crippen LogP) is 3.09. The molecule has 1 heterocycles. The van der Waals surface area contributed by atoms with E-state index in [0.29, 0.717) is 15.7 Å². The number of hydrogen-bond acceptors (Lipinski definition) is 4. The molecule has 0 aliphatic rings. The van der Waals surface area contributed by atoms with Crippen LogP contribution in [0.2, 0.25) is 4.34 Å². The monoisotopic (exact) mass is 302 g/mol. The van der Waals surface area contributed by atoms with Crippen molar-refractivity contribution < 1.29 is 8.42 Å². The van der Waals surface area contributed by atoms with Gasteiger partial charge in [0.25, 0.3) is 10.0 Å². The first kappa shape index (κ1) is 13.2. The third-order valence-corrected chi connectivity index (χ3v) is 5.65. The minimum Gasteiger partial charge on any atom is -0.399 e. The summed E-state index contributed by atoms with van der Waals surface area (Å²) in [6.45, 7) is 1.76. The Balaban J connectivity index is 2.33. The molecule has 4 nitrogen and oxygen atoms in total. The van der Waals surface area contributed by atoms with Gasteiger partial charge in [-0.15, -0.1) is 11.3 Å². The summed E-state index contributed by atoms with van der Waals surface area (Å²) in [6.07, 6.45) is 0. The van der Waals surface area contributed by atoms with E-state index in [4.69, 9.17) is 17.3 Å². The summed E-state index contributed by atoms with van der Waals surface area (Å²) in [5, 5.41) is 0. The van der Waals surface area contributed by atoms with Gasteiger partial charge >= 0.3 is 0 Å². The maximum Gasteiger partial charge on any atom is 0.271 e. The molecule has 0 saturated carbocycles. The molecule has 1 aromatic heterocycles. The molecular formula is C11H11ClN2O2S2. The number of sulfonamides is 1. The SMILES string of the molecule is Cc1cc(S(=O)(=O)Nc2cccc(N)c2)sc1Cl. The molecule has 0 spiro atoms. The van der Waals surface area contributed by atoms with Gasteiger partial charge in [-0.2, -0.15) is 0 Å². The Bertz CT molecular complexity index is 661. The molecule has 3 N–H and O–H groups in total. The lowest BCUT2D eigenvalue weighted by molar-refractivity contribution is 0.603. The lowest BCUT2D eigenvalue weighted by Crippen LogP contribution is -2.11. The fourth-order valence-electron chi connectivity index (χ4n) is 1.37. The first-order valence-electron chi connectivity index (χ1n) is 5.03. The maximum absolute atomic E-state index is 12.1. The molecule has 0 unspecified atom stereocenters. The van der Waals surface area contributed by atoms with Gasteiger partial charge in [0.2, 0.25) is 0 Å². The average molecular weight is 303 g/mol. The molecule has 0 radical (unpaired) electrons. The zero-order valence-electron chi connectivity index (χ0n) is 9.48. The lowest BCUT2D eigenvalue weighted by atomic mass is 10.3. The number of nitrogen functional groups attached to an aromatic ring is 1. The molecule has 0 fully saturated rings. The minimum absolute atomic E-state index is 0.187. The van der Waals surface area contributed by atoms with E-state index in [9.17, 15) is 8.42 Å². The molecule has 2 aromatic rings. The van der Waals surface area contributed by atoms with Crippen molar-refractivity contribution in [2.75, 3.05) is 10.5 Å². The summed E-state index contributed by atoms with van der Waals surface area (Å²) in [5.41, 5.74) is 7.26. The Morgan fingerprint density at radius 1 is 1.33 bits per heavy atom. The Morgan fingerprint density at radius 2 is 2.06 bits per heavy atom. The second-order valence-corrected chi connectivity index (χ2v) is 7.32. The van der Waals surface area contributed by atoms with Gasteiger partial charge in [-0.3, -0.25) is 4.72 Å². The zero-order valence-corrected chi connectivity index (χ0v) is 11.9. The molecule has 0 bridgehead atoms. The van der Waals surface area contributed by atoms with Crippen molar-refractivity contribution in [1.82, 2.24) is 0 Å². The van der Waals surface area contributed by atoms with Gasteiger partial charge < -0.3 is 5.73 Å². The Hall–Kier alpha value is -1.24. The topological polar surface area (TPSA) is 72.2 Å². The second kappa shape index (κ2) is 4.79. The van der Waals surface area contributed by atoms with E-state index in [1.807, 2.05) is 0 Å². The first-order chi connectivity index (χ1) is 8.38. The quantitative estimate of drug-likeness (QED) is 0.856. The number of benzene rings is 1. The van der Waals surface area contributed by atoms with Gasteiger partial charge in [-0.25, -0.2) is 8.42 Å². The molecule has 0 saturated heterocycles. The van der Waals surface area contributed by atoms with Crippen molar-refractivity contribution >= 4 is 44.3 Å². The molecule has 0 aliphatic heterocycles. The number of hydrogen-bond donors (Lipinski definition) is 2. The molecule has 1 aromatic carbocycles. The highest BCUT2D eigenvalue weighted by Gasteiger charge is 2.18. The van der Waals surface area contributed by atoms with E-state index < -0.39 is 10.0 Å². The van der Waals surface area contributed by atoms with Gasteiger partial charge in [0.15, 0.2) is 0 Å². The summed E-state index contributed by atoms with van der Waals surface area (Å²) in [6, 6.07) is 8.10. The smallest absolute Gasteiger partial charge is 0.271 e. The summed E-state index contributed by atoms with van der Waals surface area (Å²) < 4.78 is 27.3. The average Bonchev–Trinajstić information content (AvgIpc) is 2.59. The van der Waals surface area contributed by atoms with Crippen LogP contribution in [0.25, 0.3) is 0 Å². The third-order valence-electron chi connectivity index (χ3n) is 2.24. The van der Waals surface area contributed by atoms with Gasteiger partial charge in [0, 0.05) is 5.69 Å². The Kier molecular flexibility index (Phi) is 3.52. The van der Waals surface area contributed by atoms with E-state index in [0.717, 1.165) is 16.9 Å². The van der Waals surface area contributed by atoms with E-state index in [-0.39, 0.29) is 4.21 Å². The van der Waals surface area contributed by atoms with Crippen molar-refractivity contribution in [1.29, 1.82) is 0 Å². The van der Waals surface area contributed by atoms with Crippen LogP contribution < -0.4 is 10.5 Å². The molecule has 96 valence electrons. The number of halogens is 1. The highest BCUT2D eigenvalue weighted by molar-refractivity contribution is 7.94. The Morgan fingerprint density at radius 3 is 2.61 bits per heavy atom. The van der Waals surface area contributed by atoms with Crippen molar-refractivity contribution in [2.24, 2.45) is 0 Å².